The van der Waals surface area contributed by atoms with E-state index in [1.165, 1.54) is 0 Å². The fourth-order valence-electron chi connectivity index (χ4n) is 2.35. The van der Waals surface area contributed by atoms with E-state index in [1.54, 1.807) is 4.90 Å². The monoisotopic (exact) mass is 271 g/mol. The van der Waals surface area contributed by atoms with Gasteiger partial charge in [-0.2, -0.15) is 0 Å². The van der Waals surface area contributed by atoms with Crippen LogP contribution in [0.4, 0.5) is 5.69 Å². The molecule has 1 aliphatic rings. The molecule has 0 saturated carbocycles. The quantitative estimate of drug-likeness (QED) is 0.754. The lowest BCUT2D eigenvalue weighted by Crippen LogP contribution is -2.25. The maximum absolute atomic E-state index is 11.9. The van der Waals surface area contributed by atoms with Crippen molar-refractivity contribution in [3.8, 4) is 0 Å². The fraction of sp³-hybridized carbons (Fsp3) is 0.462. The summed E-state index contributed by atoms with van der Waals surface area (Å²) < 4.78 is 0. The summed E-state index contributed by atoms with van der Waals surface area (Å²) in [7, 11) is 0. The SMILES string of the molecule is Cc1cc(C)c(N2CC(CCl)CC2=O)c(Cl)c1. The van der Waals surface area contributed by atoms with Gasteiger partial charge < -0.3 is 4.90 Å². The van der Waals surface area contributed by atoms with Crippen LogP contribution in [0.5, 0.6) is 0 Å². The van der Waals surface area contributed by atoms with Crippen LogP contribution in [0, 0.1) is 19.8 Å². The summed E-state index contributed by atoms with van der Waals surface area (Å²) in [5.41, 5.74) is 2.99. The lowest BCUT2D eigenvalue weighted by molar-refractivity contribution is -0.117. The summed E-state index contributed by atoms with van der Waals surface area (Å²) in [4.78, 5) is 13.7. The number of alkyl halides is 1. The smallest absolute Gasteiger partial charge is 0.227 e. The largest absolute Gasteiger partial charge is 0.310 e. The van der Waals surface area contributed by atoms with Crippen molar-refractivity contribution < 1.29 is 4.79 Å². The number of aryl methyl sites for hydroxylation is 2. The molecule has 17 heavy (non-hydrogen) atoms. The summed E-state index contributed by atoms with van der Waals surface area (Å²) in [5, 5.41) is 0.645. The van der Waals surface area contributed by atoms with Gasteiger partial charge in [-0.3, -0.25) is 4.79 Å². The van der Waals surface area contributed by atoms with E-state index in [9.17, 15) is 4.79 Å². The topological polar surface area (TPSA) is 20.3 Å². The van der Waals surface area contributed by atoms with Crippen LogP contribution in [-0.4, -0.2) is 18.3 Å². The molecule has 2 rings (SSSR count). The average Bonchev–Trinajstić information content (AvgIpc) is 2.59. The molecule has 1 heterocycles. The third-order valence-corrected chi connectivity index (χ3v) is 3.82. The van der Waals surface area contributed by atoms with Crippen molar-refractivity contribution in [2.75, 3.05) is 17.3 Å². The third-order valence-electron chi connectivity index (χ3n) is 3.09. The summed E-state index contributed by atoms with van der Waals surface area (Å²) in [5.74, 6) is 0.871. The van der Waals surface area contributed by atoms with Crippen molar-refractivity contribution in [3.63, 3.8) is 0 Å². The molecule has 0 spiro atoms. The van der Waals surface area contributed by atoms with Gasteiger partial charge in [0.05, 0.1) is 10.7 Å². The molecule has 1 saturated heterocycles. The standard InChI is InChI=1S/C13H15Cl2NO/c1-8-3-9(2)13(11(15)4-8)16-7-10(6-14)5-12(16)17/h3-4,10H,5-7H2,1-2H3. The molecule has 4 heteroatoms. The van der Waals surface area contributed by atoms with E-state index in [-0.39, 0.29) is 11.8 Å². The predicted molar refractivity (Wildman–Crippen MR) is 72.1 cm³/mol. The molecule has 2 nitrogen and oxygen atoms in total. The number of nitrogens with zero attached hydrogens (tertiary/aromatic N) is 1. The first-order chi connectivity index (χ1) is 8.02. The zero-order valence-corrected chi connectivity index (χ0v) is 11.5. The first-order valence-electron chi connectivity index (χ1n) is 5.66. The molecular weight excluding hydrogens is 257 g/mol. The van der Waals surface area contributed by atoms with Crippen molar-refractivity contribution in [2.24, 2.45) is 5.92 Å². The maximum Gasteiger partial charge on any atom is 0.227 e. The molecule has 1 aliphatic heterocycles. The second-order valence-corrected chi connectivity index (χ2v) is 5.36. The highest BCUT2D eigenvalue weighted by atomic mass is 35.5. The Morgan fingerprint density at radius 3 is 2.65 bits per heavy atom. The molecule has 1 aromatic rings. The maximum atomic E-state index is 11.9. The van der Waals surface area contributed by atoms with Gasteiger partial charge in [-0.1, -0.05) is 17.7 Å². The summed E-state index contributed by atoms with van der Waals surface area (Å²) >= 11 is 12.1. The highest BCUT2D eigenvalue weighted by molar-refractivity contribution is 6.34. The zero-order valence-electron chi connectivity index (χ0n) is 9.96. The van der Waals surface area contributed by atoms with Crippen LogP contribution in [0.2, 0.25) is 5.02 Å². The lowest BCUT2D eigenvalue weighted by atomic mass is 10.1. The molecule has 92 valence electrons. The number of hydrogen-bond donors (Lipinski definition) is 0. The van der Waals surface area contributed by atoms with Crippen molar-refractivity contribution >= 4 is 34.8 Å². The Labute approximate surface area is 112 Å². The van der Waals surface area contributed by atoms with E-state index in [0.29, 0.717) is 23.9 Å². The molecule has 0 radical (unpaired) electrons. The molecule has 1 aromatic carbocycles. The number of amides is 1. The number of halogens is 2. The summed E-state index contributed by atoms with van der Waals surface area (Å²) in [6, 6.07) is 3.94. The Kier molecular flexibility index (Phi) is 3.64. The third kappa shape index (κ3) is 2.43. The minimum absolute atomic E-state index is 0.115. The van der Waals surface area contributed by atoms with E-state index in [2.05, 4.69) is 0 Å². The number of benzene rings is 1. The molecule has 0 bridgehead atoms. The summed E-state index contributed by atoms with van der Waals surface area (Å²) in [6.07, 6.45) is 0.521. The van der Waals surface area contributed by atoms with E-state index >= 15 is 0 Å². The van der Waals surface area contributed by atoms with Crippen molar-refractivity contribution in [1.82, 2.24) is 0 Å². The molecule has 0 aromatic heterocycles. The molecule has 0 N–H and O–H groups in total. The number of hydrogen-bond acceptors (Lipinski definition) is 1. The van der Waals surface area contributed by atoms with E-state index < -0.39 is 0 Å². The molecule has 1 amide bonds. The fourth-order valence-corrected chi connectivity index (χ4v) is 2.98. The van der Waals surface area contributed by atoms with Gasteiger partial charge in [0.25, 0.3) is 0 Å². The zero-order chi connectivity index (χ0) is 12.6. The van der Waals surface area contributed by atoms with Crippen LogP contribution in [0.1, 0.15) is 17.5 Å². The molecule has 1 unspecified atom stereocenters. The Balaban J connectivity index is 2.38. The Morgan fingerprint density at radius 2 is 2.12 bits per heavy atom. The number of rotatable bonds is 2. The number of carbonyl (C=O) groups excluding carboxylic acids is 1. The summed E-state index contributed by atoms with van der Waals surface area (Å²) in [6.45, 7) is 4.65. The molecule has 1 fully saturated rings. The highest BCUT2D eigenvalue weighted by Gasteiger charge is 2.31. The van der Waals surface area contributed by atoms with Crippen LogP contribution in [0.25, 0.3) is 0 Å². The van der Waals surface area contributed by atoms with Gasteiger partial charge in [-0.25, -0.2) is 0 Å². The number of anilines is 1. The van der Waals surface area contributed by atoms with Gasteiger partial charge in [-0.15, -0.1) is 11.6 Å². The van der Waals surface area contributed by atoms with Crippen LogP contribution < -0.4 is 4.90 Å². The van der Waals surface area contributed by atoms with Crippen molar-refractivity contribution in [3.05, 3.63) is 28.3 Å². The Morgan fingerprint density at radius 1 is 1.41 bits per heavy atom. The van der Waals surface area contributed by atoms with Gasteiger partial charge in [0.15, 0.2) is 0 Å². The predicted octanol–water partition coefficient (Wildman–Crippen LogP) is 3.55. The van der Waals surface area contributed by atoms with Gasteiger partial charge in [-0.05, 0) is 37.0 Å². The van der Waals surface area contributed by atoms with Crippen molar-refractivity contribution in [2.45, 2.75) is 20.3 Å². The lowest BCUT2D eigenvalue weighted by Gasteiger charge is -2.21. The van der Waals surface area contributed by atoms with Gasteiger partial charge >= 0.3 is 0 Å². The average molecular weight is 272 g/mol. The Hall–Kier alpha value is -0.730. The molecular formula is C13H15Cl2NO. The molecule has 0 aliphatic carbocycles. The minimum atomic E-state index is 0.115. The molecule has 1 atom stereocenters. The first-order valence-corrected chi connectivity index (χ1v) is 6.57. The van der Waals surface area contributed by atoms with Gasteiger partial charge in [0, 0.05) is 18.8 Å². The normalized spacial score (nSPS) is 20.1. The van der Waals surface area contributed by atoms with Gasteiger partial charge in [0.2, 0.25) is 5.91 Å². The van der Waals surface area contributed by atoms with Gasteiger partial charge in [0.1, 0.15) is 0 Å². The first kappa shape index (κ1) is 12.7. The van der Waals surface area contributed by atoms with E-state index in [0.717, 1.165) is 16.8 Å². The van der Waals surface area contributed by atoms with E-state index in [4.69, 9.17) is 23.2 Å². The van der Waals surface area contributed by atoms with Crippen LogP contribution in [-0.2, 0) is 4.79 Å². The van der Waals surface area contributed by atoms with E-state index in [1.807, 2.05) is 26.0 Å². The van der Waals surface area contributed by atoms with Crippen molar-refractivity contribution in [1.29, 1.82) is 0 Å². The number of carbonyl (C=O) groups is 1. The van der Waals surface area contributed by atoms with Crippen LogP contribution >= 0.6 is 23.2 Å². The second kappa shape index (κ2) is 4.87. The van der Waals surface area contributed by atoms with Crippen LogP contribution in [0.3, 0.4) is 0 Å². The Bertz CT molecular complexity index is 436. The van der Waals surface area contributed by atoms with Crippen LogP contribution in [0.15, 0.2) is 12.1 Å². The highest BCUT2D eigenvalue weighted by Crippen LogP contribution is 2.35. The minimum Gasteiger partial charge on any atom is -0.310 e. The second-order valence-electron chi connectivity index (χ2n) is 4.64.